The van der Waals surface area contributed by atoms with Crippen LogP contribution in [0.3, 0.4) is 0 Å². The zero-order valence-electron chi connectivity index (χ0n) is 11.6. The Morgan fingerprint density at radius 2 is 1.95 bits per heavy atom. The number of aromatic nitrogens is 1. The molecule has 0 radical (unpaired) electrons. The highest BCUT2D eigenvalue weighted by atomic mass is 35.5. The molecule has 0 bridgehead atoms. The molecule has 1 N–H and O–H groups in total. The van der Waals surface area contributed by atoms with Gasteiger partial charge in [-0.05, 0) is 31.2 Å². The number of pyridine rings is 1. The Morgan fingerprint density at radius 1 is 1.29 bits per heavy atom. The molecule has 0 aliphatic heterocycles. The van der Waals surface area contributed by atoms with Crippen LogP contribution in [0.2, 0.25) is 10.0 Å². The van der Waals surface area contributed by atoms with E-state index >= 15 is 0 Å². The molecule has 4 nitrogen and oxygen atoms in total. The van der Waals surface area contributed by atoms with Crippen molar-refractivity contribution < 1.29 is 9.53 Å². The van der Waals surface area contributed by atoms with Gasteiger partial charge in [0.15, 0.2) is 5.75 Å². The van der Waals surface area contributed by atoms with Gasteiger partial charge in [-0.2, -0.15) is 0 Å². The van der Waals surface area contributed by atoms with Crippen molar-refractivity contribution in [2.45, 2.75) is 13.0 Å². The van der Waals surface area contributed by atoms with Crippen molar-refractivity contribution in [3.8, 4) is 5.75 Å². The van der Waals surface area contributed by atoms with E-state index in [-0.39, 0.29) is 11.9 Å². The maximum Gasteiger partial charge on any atom is 0.251 e. The fourth-order valence-corrected chi connectivity index (χ4v) is 2.51. The molecule has 2 aromatic rings. The predicted molar refractivity (Wildman–Crippen MR) is 83.1 cm³/mol. The number of hydrogen-bond acceptors (Lipinski definition) is 3. The van der Waals surface area contributed by atoms with Gasteiger partial charge in [-0.25, -0.2) is 0 Å². The normalized spacial score (nSPS) is 11.8. The molecule has 1 heterocycles. The second kappa shape index (κ2) is 6.78. The third-order valence-electron chi connectivity index (χ3n) is 2.94. The molecular weight excluding hydrogens is 311 g/mol. The second-order valence-electron chi connectivity index (χ2n) is 4.42. The average Bonchev–Trinajstić information content (AvgIpc) is 2.47. The van der Waals surface area contributed by atoms with Crippen LogP contribution < -0.4 is 10.1 Å². The van der Waals surface area contributed by atoms with Crippen molar-refractivity contribution in [1.82, 2.24) is 10.3 Å². The summed E-state index contributed by atoms with van der Waals surface area (Å²) in [5, 5.41) is 3.43. The van der Waals surface area contributed by atoms with Gasteiger partial charge in [-0.1, -0.05) is 29.3 Å². The van der Waals surface area contributed by atoms with Crippen LogP contribution in [0.25, 0.3) is 0 Å². The van der Waals surface area contributed by atoms with Crippen LogP contribution in [0.5, 0.6) is 5.75 Å². The van der Waals surface area contributed by atoms with Gasteiger partial charge in [0.05, 0.1) is 28.9 Å². The Balaban J connectivity index is 2.18. The van der Waals surface area contributed by atoms with Crippen LogP contribution in [0.1, 0.15) is 29.0 Å². The number of hydrogen-bond donors (Lipinski definition) is 1. The summed E-state index contributed by atoms with van der Waals surface area (Å²) in [4.78, 5) is 16.4. The molecule has 1 aromatic heterocycles. The minimum absolute atomic E-state index is 0.224. The monoisotopic (exact) mass is 324 g/mol. The molecular formula is C15H14Cl2N2O2. The minimum atomic E-state index is -0.278. The van der Waals surface area contributed by atoms with E-state index in [0.29, 0.717) is 21.4 Å². The number of amides is 1. The van der Waals surface area contributed by atoms with Crippen LogP contribution >= 0.6 is 23.2 Å². The summed E-state index contributed by atoms with van der Waals surface area (Å²) in [6, 6.07) is 8.35. The van der Waals surface area contributed by atoms with Gasteiger partial charge in [-0.15, -0.1) is 0 Å². The van der Waals surface area contributed by atoms with Crippen LogP contribution in [-0.4, -0.2) is 18.0 Å². The van der Waals surface area contributed by atoms with Gasteiger partial charge in [0.25, 0.3) is 5.91 Å². The number of carbonyl (C=O) groups excluding carboxylic acids is 1. The first-order chi connectivity index (χ1) is 10.0. The molecule has 1 atom stereocenters. The SMILES string of the molecule is COc1c(Cl)cc(C(=O)NC(C)c2ccccn2)cc1Cl. The fraction of sp³-hybridized carbons (Fsp3) is 0.200. The molecule has 1 aromatic carbocycles. The molecule has 0 saturated heterocycles. The maximum absolute atomic E-state index is 12.2. The van der Waals surface area contributed by atoms with E-state index in [4.69, 9.17) is 27.9 Å². The van der Waals surface area contributed by atoms with E-state index < -0.39 is 0 Å². The first-order valence-corrected chi connectivity index (χ1v) is 7.03. The van der Waals surface area contributed by atoms with Crippen LogP contribution in [0, 0.1) is 0 Å². The van der Waals surface area contributed by atoms with E-state index in [1.54, 1.807) is 6.20 Å². The lowest BCUT2D eigenvalue weighted by Gasteiger charge is -2.14. The van der Waals surface area contributed by atoms with Crippen LogP contribution in [0.15, 0.2) is 36.5 Å². The Bertz CT molecular complexity index is 624. The van der Waals surface area contributed by atoms with E-state index in [9.17, 15) is 4.79 Å². The molecule has 0 aliphatic carbocycles. The predicted octanol–water partition coefficient (Wildman–Crippen LogP) is 3.89. The van der Waals surface area contributed by atoms with Crippen molar-refractivity contribution in [2.24, 2.45) is 0 Å². The number of nitrogens with one attached hydrogen (secondary N) is 1. The Kier molecular flexibility index (Phi) is 5.04. The third-order valence-corrected chi connectivity index (χ3v) is 3.51. The lowest BCUT2D eigenvalue weighted by Crippen LogP contribution is -2.27. The van der Waals surface area contributed by atoms with Gasteiger partial charge in [-0.3, -0.25) is 9.78 Å². The lowest BCUT2D eigenvalue weighted by atomic mass is 10.1. The second-order valence-corrected chi connectivity index (χ2v) is 5.24. The summed E-state index contributed by atoms with van der Waals surface area (Å²) >= 11 is 12.1. The summed E-state index contributed by atoms with van der Waals surface area (Å²) < 4.78 is 5.06. The molecule has 110 valence electrons. The summed E-state index contributed by atoms with van der Waals surface area (Å²) in [6.45, 7) is 1.85. The molecule has 0 saturated carbocycles. The number of rotatable bonds is 4. The highest BCUT2D eigenvalue weighted by Crippen LogP contribution is 2.33. The number of halogens is 2. The summed E-state index contributed by atoms with van der Waals surface area (Å²) in [5.74, 6) is 0.0762. The van der Waals surface area contributed by atoms with Crippen molar-refractivity contribution in [1.29, 1.82) is 0 Å². The van der Waals surface area contributed by atoms with Crippen molar-refractivity contribution in [3.05, 3.63) is 57.8 Å². The van der Waals surface area contributed by atoms with Crippen molar-refractivity contribution in [2.75, 3.05) is 7.11 Å². The molecule has 0 spiro atoms. The minimum Gasteiger partial charge on any atom is -0.494 e. The standard InChI is InChI=1S/C15H14Cl2N2O2/c1-9(13-5-3-4-6-18-13)19-15(20)10-7-11(16)14(21-2)12(17)8-10/h3-9H,1-2H3,(H,19,20). The molecule has 6 heteroatoms. The summed E-state index contributed by atoms with van der Waals surface area (Å²) in [7, 11) is 1.47. The number of carbonyl (C=O) groups is 1. The number of benzene rings is 1. The van der Waals surface area contributed by atoms with E-state index in [2.05, 4.69) is 10.3 Å². The quantitative estimate of drug-likeness (QED) is 0.928. The highest BCUT2D eigenvalue weighted by Gasteiger charge is 2.16. The lowest BCUT2D eigenvalue weighted by molar-refractivity contribution is 0.0939. The number of nitrogens with zero attached hydrogens (tertiary/aromatic N) is 1. The zero-order chi connectivity index (χ0) is 15.4. The van der Waals surface area contributed by atoms with Crippen molar-refractivity contribution in [3.63, 3.8) is 0 Å². The largest absolute Gasteiger partial charge is 0.494 e. The molecule has 1 unspecified atom stereocenters. The van der Waals surface area contributed by atoms with Gasteiger partial charge in [0.2, 0.25) is 0 Å². The van der Waals surface area contributed by atoms with E-state index in [0.717, 1.165) is 5.69 Å². The van der Waals surface area contributed by atoms with Gasteiger partial charge in [0.1, 0.15) is 0 Å². The van der Waals surface area contributed by atoms with Crippen LogP contribution in [-0.2, 0) is 0 Å². The Labute approximate surface area is 133 Å². The van der Waals surface area contributed by atoms with E-state index in [1.807, 2.05) is 25.1 Å². The summed E-state index contributed by atoms with van der Waals surface area (Å²) in [5.41, 5.74) is 1.14. The molecule has 21 heavy (non-hydrogen) atoms. The Hall–Kier alpha value is -1.78. The Morgan fingerprint density at radius 3 is 2.48 bits per heavy atom. The fourth-order valence-electron chi connectivity index (χ4n) is 1.87. The topological polar surface area (TPSA) is 51.2 Å². The smallest absolute Gasteiger partial charge is 0.251 e. The van der Waals surface area contributed by atoms with Gasteiger partial charge >= 0.3 is 0 Å². The number of methoxy groups -OCH3 is 1. The van der Waals surface area contributed by atoms with E-state index in [1.165, 1.54) is 19.2 Å². The number of ether oxygens (including phenoxy) is 1. The van der Waals surface area contributed by atoms with Gasteiger partial charge in [0, 0.05) is 11.8 Å². The first kappa shape index (κ1) is 15.6. The molecule has 1 amide bonds. The van der Waals surface area contributed by atoms with Gasteiger partial charge < -0.3 is 10.1 Å². The zero-order valence-corrected chi connectivity index (χ0v) is 13.1. The maximum atomic E-state index is 12.2. The molecule has 0 fully saturated rings. The van der Waals surface area contributed by atoms with Crippen LogP contribution in [0.4, 0.5) is 0 Å². The summed E-state index contributed by atoms with van der Waals surface area (Å²) in [6.07, 6.45) is 1.68. The molecule has 2 rings (SSSR count). The average molecular weight is 325 g/mol. The molecule has 0 aliphatic rings. The van der Waals surface area contributed by atoms with Crippen molar-refractivity contribution >= 4 is 29.1 Å². The first-order valence-electron chi connectivity index (χ1n) is 6.27. The third kappa shape index (κ3) is 3.65. The highest BCUT2D eigenvalue weighted by molar-refractivity contribution is 6.37.